The molecule has 3 aliphatic rings. The quantitative estimate of drug-likeness (QED) is 0.235. The predicted molar refractivity (Wildman–Crippen MR) is 161 cm³/mol. The van der Waals surface area contributed by atoms with Gasteiger partial charge in [0.15, 0.2) is 0 Å². The first-order valence-corrected chi connectivity index (χ1v) is 15.5. The lowest BCUT2D eigenvalue weighted by molar-refractivity contribution is -0.147. The molecule has 6 atom stereocenters. The van der Waals surface area contributed by atoms with Gasteiger partial charge >= 0.3 is 0 Å². The van der Waals surface area contributed by atoms with Gasteiger partial charge in [0.05, 0.1) is 24.5 Å². The lowest BCUT2D eigenvalue weighted by Crippen LogP contribution is -2.57. The summed E-state index contributed by atoms with van der Waals surface area (Å²) in [5.41, 5.74) is -0.485. The van der Waals surface area contributed by atoms with Crippen LogP contribution >= 0.6 is 15.9 Å². The summed E-state index contributed by atoms with van der Waals surface area (Å²) >= 11 is 3.74. The second-order valence-electron chi connectivity index (χ2n) is 10.9. The highest BCUT2D eigenvalue weighted by Gasteiger charge is 2.76. The molecule has 10 heteroatoms. The number of carbonyl (C=O) groups excluding carboxylic acids is 3. The van der Waals surface area contributed by atoms with Crippen molar-refractivity contribution >= 4 is 39.3 Å². The number of benzene rings is 1. The molecule has 0 radical (unpaired) electrons. The first kappa shape index (κ1) is 31.3. The number of aliphatic hydroxyl groups excluding tert-OH is 1. The van der Waals surface area contributed by atoms with Crippen LogP contribution in [0.3, 0.4) is 0 Å². The van der Waals surface area contributed by atoms with E-state index in [0.29, 0.717) is 44.0 Å². The van der Waals surface area contributed by atoms with Crippen LogP contribution in [0.1, 0.15) is 39.5 Å². The van der Waals surface area contributed by atoms with Crippen LogP contribution in [-0.4, -0.2) is 94.6 Å². The van der Waals surface area contributed by atoms with Gasteiger partial charge < -0.3 is 29.3 Å². The number of carbonyl (C=O) groups is 3. The second-order valence-corrected chi connectivity index (χ2v) is 12.0. The Kier molecular flexibility index (Phi) is 10.3. The Bertz CT molecular complexity index is 1130. The van der Waals surface area contributed by atoms with Gasteiger partial charge in [-0.05, 0) is 50.5 Å². The molecular formula is C31H42BrN3O6. The molecule has 1 spiro atoms. The maximum atomic E-state index is 14.4. The number of rotatable bonds is 15. The van der Waals surface area contributed by atoms with Gasteiger partial charge in [0.2, 0.25) is 17.7 Å². The van der Waals surface area contributed by atoms with Crippen molar-refractivity contribution in [2.24, 2.45) is 11.8 Å². The zero-order valence-corrected chi connectivity index (χ0v) is 25.6. The van der Waals surface area contributed by atoms with Gasteiger partial charge in [0.25, 0.3) is 0 Å². The fourth-order valence-electron chi connectivity index (χ4n) is 6.66. The summed E-state index contributed by atoms with van der Waals surface area (Å²) in [5.74, 6) is -1.61. The summed E-state index contributed by atoms with van der Waals surface area (Å²) < 4.78 is 12.2. The van der Waals surface area contributed by atoms with Gasteiger partial charge in [-0.25, -0.2) is 0 Å². The van der Waals surface area contributed by atoms with E-state index in [4.69, 9.17) is 9.47 Å². The second kappa shape index (κ2) is 13.5. The summed E-state index contributed by atoms with van der Waals surface area (Å²) in [6.07, 6.45) is 5.26. The minimum absolute atomic E-state index is 0.119. The number of likely N-dealkylation sites (tertiary alicyclic amines) is 1. The molecule has 0 aromatic heterocycles. The number of nitrogens with zero attached hydrogens (tertiary/aromatic N) is 3. The van der Waals surface area contributed by atoms with Crippen LogP contribution in [0.5, 0.6) is 5.75 Å². The maximum absolute atomic E-state index is 14.4. The number of aliphatic hydroxyl groups is 1. The number of alkyl halides is 1. The van der Waals surface area contributed by atoms with Crippen LogP contribution in [0.25, 0.3) is 0 Å². The largest absolute Gasteiger partial charge is 0.494 e. The highest BCUT2D eigenvalue weighted by Crippen LogP contribution is 2.60. The molecular weight excluding hydrogens is 590 g/mol. The van der Waals surface area contributed by atoms with Crippen LogP contribution < -0.4 is 9.64 Å². The highest BCUT2D eigenvalue weighted by atomic mass is 79.9. The summed E-state index contributed by atoms with van der Waals surface area (Å²) in [5, 5.41) is 9.61. The van der Waals surface area contributed by atoms with Crippen molar-refractivity contribution in [2.75, 3.05) is 44.3 Å². The first-order chi connectivity index (χ1) is 19.8. The average molecular weight is 633 g/mol. The van der Waals surface area contributed by atoms with Crippen molar-refractivity contribution in [1.29, 1.82) is 0 Å². The van der Waals surface area contributed by atoms with Crippen molar-refractivity contribution in [3.63, 3.8) is 0 Å². The number of halogens is 1. The topological polar surface area (TPSA) is 99.6 Å². The van der Waals surface area contributed by atoms with Crippen molar-refractivity contribution in [1.82, 2.24) is 9.80 Å². The standard InChI is InChI=1S/C31H42BrN3O6/c1-5-9-17-33(15-6-2)30(39)27-31-20-23(32)26(41-31)24(25(31)29(38)35(27)18-10-19-36)28(37)34(16-7-3)21-11-13-22(14-12-21)40-8-4/h6-7,11-14,23-27,36H,2-3,5,8-10,15-20H2,1,4H3/t23?,24-,25-,26-,27?,31?/m0/s1. The lowest BCUT2D eigenvalue weighted by atomic mass is 9.70. The first-order valence-electron chi connectivity index (χ1n) is 14.6. The van der Waals surface area contributed by atoms with Gasteiger partial charge in [-0.3, -0.25) is 14.4 Å². The van der Waals surface area contributed by atoms with Crippen LogP contribution in [0, 0.1) is 11.8 Å². The third kappa shape index (κ3) is 5.70. The molecule has 9 nitrogen and oxygen atoms in total. The van der Waals surface area contributed by atoms with E-state index >= 15 is 0 Å². The fourth-order valence-corrected chi connectivity index (χ4v) is 7.61. The summed E-state index contributed by atoms with van der Waals surface area (Å²) in [4.78, 5) is 47.5. The molecule has 0 saturated carbocycles. The molecule has 3 amide bonds. The van der Waals surface area contributed by atoms with E-state index in [9.17, 15) is 19.5 Å². The Labute approximate surface area is 251 Å². The summed E-state index contributed by atoms with van der Waals surface area (Å²) in [6.45, 7) is 13.4. The Morgan fingerprint density at radius 3 is 2.49 bits per heavy atom. The third-order valence-electron chi connectivity index (χ3n) is 8.35. The summed E-state index contributed by atoms with van der Waals surface area (Å²) in [7, 11) is 0. The molecule has 2 bridgehead atoms. The number of ether oxygens (including phenoxy) is 2. The zero-order valence-electron chi connectivity index (χ0n) is 24.0. The highest BCUT2D eigenvalue weighted by molar-refractivity contribution is 9.09. The summed E-state index contributed by atoms with van der Waals surface area (Å²) in [6, 6.07) is 6.37. The van der Waals surface area contributed by atoms with E-state index in [2.05, 4.69) is 36.0 Å². The molecule has 3 aliphatic heterocycles. The number of unbranched alkanes of at least 4 members (excludes halogenated alkanes) is 1. The molecule has 3 fully saturated rings. The Balaban J connectivity index is 1.73. The van der Waals surface area contributed by atoms with Crippen molar-refractivity contribution in [3.05, 3.63) is 49.6 Å². The molecule has 1 N–H and O–H groups in total. The van der Waals surface area contributed by atoms with E-state index < -0.39 is 29.6 Å². The minimum Gasteiger partial charge on any atom is -0.494 e. The van der Waals surface area contributed by atoms with Crippen LogP contribution in [0.15, 0.2) is 49.6 Å². The maximum Gasteiger partial charge on any atom is 0.248 e. The molecule has 4 rings (SSSR count). The van der Waals surface area contributed by atoms with Gasteiger partial charge in [-0.1, -0.05) is 41.4 Å². The van der Waals surface area contributed by atoms with E-state index in [-0.39, 0.29) is 42.2 Å². The van der Waals surface area contributed by atoms with Crippen molar-refractivity contribution in [2.45, 2.75) is 62.1 Å². The van der Waals surface area contributed by atoms with E-state index in [1.165, 1.54) is 0 Å². The number of hydrogen-bond donors (Lipinski definition) is 1. The zero-order chi connectivity index (χ0) is 29.7. The van der Waals surface area contributed by atoms with Crippen LogP contribution in [-0.2, 0) is 19.1 Å². The SMILES string of the molecule is C=CCN(CCCC)C(=O)C1N(CCCO)C(=O)[C@@H]2[C@H](C(=O)N(CC=C)c3ccc(OCC)cc3)[C@H]3OC12CC3Br. The predicted octanol–water partition coefficient (Wildman–Crippen LogP) is 3.55. The molecule has 41 heavy (non-hydrogen) atoms. The molecule has 3 unspecified atom stereocenters. The van der Waals surface area contributed by atoms with E-state index in [0.717, 1.165) is 12.8 Å². The molecule has 1 aromatic rings. The van der Waals surface area contributed by atoms with Crippen LogP contribution in [0.2, 0.25) is 0 Å². The van der Waals surface area contributed by atoms with E-state index in [1.54, 1.807) is 26.9 Å². The number of hydrogen-bond acceptors (Lipinski definition) is 6. The van der Waals surface area contributed by atoms with Crippen molar-refractivity contribution < 1.29 is 29.0 Å². The number of fused-ring (bicyclic) bond motifs is 1. The molecule has 1 aromatic carbocycles. The Morgan fingerprint density at radius 1 is 1.17 bits per heavy atom. The van der Waals surface area contributed by atoms with Gasteiger partial charge in [-0.2, -0.15) is 0 Å². The minimum atomic E-state index is -1.15. The Hall–Kier alpha value is -2.69. The lowest BCUT2D eigenvalue weighted by Gasteiger charge is -2.37. The fraction of sp³-hybridized carbons (Fsp3) is 0.581. The molecule has 224 valence electrons. The number of anilines is 1. The smallest absolute Gasteiger partial charge is 0.248 e. The molecule has 3 saturated heterocycles. The Morgan fingerprint density at radius 2 is 1.88 bits per heavy atom. The van der Waals surface area contributed by atoms with Gasteiger partial charge in [0, 0.05) is 43.3 Å². The molecule has 3 heterocycles. The molecule has 0 aliphatic carbocycles. The monoisotopic (exact) mass is 631 g/mol. The average Bonchev–Trinajstić information content (AvgIpc) is 3.56. The van der Waals surface area contributed by atoms with Crippen LogP contribution in [0.4, 0.5) is 5.69 Å². The normalized spacial score (nSPS) is 28.0. The number of amides is 3. The van der Waals surface area contributed by atoms with Crippen molar-refractivity contribution in [3.8, 4) is 5.75 Å². The van der Waals surface area contributed by atoms with E-state index in [1.807, 2.05) is 31.2 Å². The third-order valence-corrected chi connectivity index (χ3v) is 9.19. The van der Waals surface area contributed by atoms with Gasteiger partial charge in [0.1, 0.15) is 17.4 Å². The van der Waals surface area contributed by atoms with Gasteiger partial charge in [-0.15, -0.1) is 13.2 Å².